The van der Waals surface area contributed by atoms with E-state index >= 15 is 0 Å². The molecule has 0 fully saturated rings. The fourth-order valence-corrected chi connectivity index (χ4v) is 6.48. The largest absolute Gasteiger partial charge is 0.287 e. The third-order valence-electron chi connectivity index (χ3n) is 5.82. The van der Waals surface area contributed by atoms with E-state index in [4.69, 9.17) is 4.98 Å². The van der Waals surface area contributed by atoms with Crippen molar-refractivity contribution in [3.8, 4) is 0 Å². The molecule has 0 aliphatic heterocycles. The number of nitrogens with zero attached hydrogens (tertiary/aromatic N) is 2. The van der Waals surface area contributed by atoms with Gasteiger partial charge in [-0.2, -0.15) is 0 Å². The van der Waals surface area contributed by atoms with Gasteiger partial charge in [-0.25, -0.2) is 9.37 Å². The molecule has 0 spiro atoms. The molecule has 0 N–H and O–H groups in total. The Morgan fingerprint density at radius 1 is 1.03 bits per heavy atom. The van der Waals surface area contributed by atoms with Crippen molar-refractivity contribution in [3.05, 3.63) is 92.3 Å². The highest BCUT2D eigenvalue weighted by Crippen LogP contribution is 2.35. The third kappa shape index (κ3) is 4.19. The molecule has 158 valence electrons. The quantitative estimate of drug-likeness (QED) is 0.266. The summed E-state index contributed by atoms with van der Waals surface area (Å²) in [5, 5.41) is 1.48. The summed E-state index contributed by atoms with van der Waals surface area (Å²) >= 11 is 3.11. The van der Waals surface area contributed by atoms with Crippen LogP contribution >= 0.6 is 23.1 Å². The van der Waals surface area contributed by atoms with Crippen LogP contribution in [0.15, 0.2) is 64.5 Å². The fourth-order valence-electron chi connectivity index (χ4n) is 4.17. The number of hydrogen-bond acceptors (Lipinski definition) is 4. The van der Waals surface area contributed by atoms with E-state index in [1.807, 2.05) is 28.8 Å². The summed E-state index contributed by atoms with van der Waals surface area (Å²) in [5.41, 5.74) is 3.08. The molecule has 4 aromatic rings. The molecule has 1 aliphatic rings. The molecule has 31 heavy (non-hydrogen) atoms. The van der Waals surface area contributed by atoms with Gasteiger partial charge in [0.05, 0.1) is 5.39 Å². The zero-order chi connectivity index (χ0) is 21.2. The number of benzene rings is 2. The Kier molecular flexibility index (Phi) is 5.92. The summed E-state index contributed by atoms with van der Waals surface area (Å²) in [6.07, 6.45) is 5.07. The van der Waals surface area contributed by atoms with E-state index in [1.54, 1.807) is 23.5 Å². The lowest BCUT2D eigenvalue weighted by Crippen LogP contribution is -2.24. The smallest absolute Gasteiger partial charge is 0.263 e. The van der Waals surface area contributed by atoms with Gasteiger partial charge in [0.2, 0.25) is 0 Å². The number of halogens is 1. The molecule has 0 saturated heterocycles. The highest BCUT2D eigenvalue weighted by Gasteiger charge is 2.22. The van der Waals surface area contributed by atoms with Crippen LogP contribution in [-0.2, 0) is 31.6 Å². The van der Waals surface area contributed by atoms with Gasteiger partial charge in [0.25, 0.3) is 5.56 Å². The SMILES string of the molecule is O=c1c2c3c(sc2nc(SCc2ccccc2F)n1CCc1ccccc1)CCCC3. The van der Waals surface area contributed by atoms with Crippen LogP contribution in [0.4, 0.5) is 4.39 Å². The number of rotatable bonds is 6. The van der Waals surface area contributed by atoms with E-state index in [0.29, 0.717) is 23.0 Å². The van der Waals surface area contributed by atoms with Crippen molar-refractivity contribution in [3.63, 3.8) is 0 Å². The number of thioether (sulfide) groups is 1. The predicted octanol–water partition coefficient (Wildman–Crippen LogP) is 6.01. The van der Waals surface area contributed by atoms with Gasteiger partial charge in [-0.3, -0.25) is 9.36 Å². The molecule has 0 bridgehead atoms. The molecular formula is C25H23FN2OS2. The van der Waals surface area contributed by atoms with Gasteiger partial charge in [-0.05, 0) is 54.9 Å². The molecule has 6 heteroatoms. The van der Waals surface area contributed by atoms with Gasteiger partial charge in [0, 0.05) is 17.2 Å². The van der Waals surface area contributed by atoms with Crippen molar-refractivity contribution in [1.82, 2.24) is 9.55 Å². The molecule has 5 rings (SSSR count). The summed E-state index contributed by atoms with van der Waals surface area (Å²) in [6.45, 7) is 0.565. The van der Waals surface area contributed by atoms with Crippen molar-refractivity contribution < 1.29 is 4.39 Å². The van der Waals surface area contributed by atoms with E-state index < -0.39 is 0 Å². The molecular weight excluding hydrogens is 427 g/mol. The molecule has 2 aromatic carbocycles. The average Bonchev–Trinajstić information content (AvgIpc) is 3.17. The first-order chi connectivity index (χ1) is 15.2. The number of fused-ring (bicyclic) bond motifs is 3. The van der Waals surface area contributed by atoms with Gasteiger partial charge < -0.3 is 0 Å². The van der Waals surface area contributed by atoms with Gasteiger partial charge in [0.1, 0.15) is 10.6 Å². The summed E-state index contributed by atoms with van der Waals surface area (Å²) in [6, 6.07) is 17.0. The minimum Gasteiger partial charge on any atom is -0.287 e. The topological polar surface area (TPSA) is 34.9 Å². The number of aryl methyl sites for hydroxylation is 3. The molecule has 0 unspecified atom stereocenters. The predicted molar refractivity (Wildman–Crippen MR) is 127 cm³/mol. The van der Waals surface area contributed by atoms with E-state index in [1.165, 1.54) is 40.3 Å². The third-order valence-corrected chi connectivity index (χ3v) is 8.03. The second-order valence-corrected chi connectivity index (χ2v) is 9.88. The highest BCUT2D eigenvalue weighted by atomic mass is 32.2. The molecule has 3 nitrogen and oxygen atoms in total. The summed E-state index contributed by atoms with van der Waals surface area (Å²) in [7, 11) is 0. The maximum atomic E-state index is 14.1. The Morgan fingerprint density at radius 2 is 1.81 bits per heavy atom. The zero-order valence-corrected chi connectivity index (χ0v) is 18.8. The maximum absolute atomic E-state index is 14.1. The average molecular weight is 451 g/mol. The van der Waals surface area contributed by atoms with Gasteiger partial charge >= 0.3 is 0 Å². The molecule has 0 atom stereocenters. The van der Waals surface area contributed by atoms with Crippen LogP contribution in [0, 0.1) is 5.82 Å². The first kappa shape index (κ1) is 20.5. The summed E-state index contributed by atoms with van der Waals surface area (Å²) in [4.78, 5) is 20.7. The minimum atomic E-state index is -0.221. The van der Waals surface area contributed by atoms with Crippen LogP contribution in [-0.4, -0.2) is 9.55 Å². The van der Waals surface area contributed by atoms with Crippen molar-refractivity contribution in [1.29, 1.82) is 0 Å². The van der Waals surface area contributed by atoms with Crippen LogP contribution in [0.25, 0.3) is 10.2 Å². The van der Waals surface area contributed by atoms with E-state index in [0.717, 1.165) is 35.9 Å². The molecule has 0 saturated carbocycles. The molecule has 1 aliphatic carbocycles. The molecule has 0 radical (unpaired) electrons. The van der Waals surface area contributed by atoms with E-state index in [2.05, 4.69) is 12.1 Å². The van der Waals surface area contributed by atoms with Crippen molar-refractivity contribution in [2.24, 2.45) is 0 Å². The number of aromatic nitrogens is 2. The number of hydrogen-bond donors (Lipinski definition) is 0. The van der Waals surface area contributed by atoms with Crippen LogP contribution in [0.1, 0.15) is 34.4 Å². The zero-order valence-electron chi connectivity index (χ0n) is 17.1. The van der Waals surface area contributed by atoms with Crippen molar-refractivity contribution >= 4 is 33.3 Å². The molecule has 2 heterocycles. The van der Waals surface area contributed by atoms with Crippen LogP contribution < -0.4 is 5.56 Å². The van der Waals surface area contributed by atoms with Gasteiger partial charge in [-0.1, -0.05) is 60.3 Å². The van der Waals surface area contributed by atoms with E-state index in [-0.39, 0.29) is 11.4 Å². The first-order valence-electron chi connectivity index (χ1n) is 10.7. The normalized spacial score (nSPS) is 13.5. The van der Waals surface area contributed by atoms with Crippen LogP contribution in [0.3, 0.4) is 0 Å². The van der Waals surface area contributed by atoms with Gasteiger partial charge in [0.15, 0.2) is 5.16 Å². The fraction of sp³-hybridized carbons (Fsp3) is 0.280. The Morgan fingerprint density at radius 3 is 2.65 bits per heavy atom. The Hall–Kier alpha value is -2.44. The van der Waals surface area contributed by atoms with Crippen LogP contribution in [0.2, 0.25) is 0 Å². The monoisotopic (exact) mass is 450 g/mol. The van der Waals surface area contributed by atoms with Gasteiger partial charge in [-0.15, -0.1) is 11.3 Å². The van der Waals surface area contributed by atoms with Crippen molar-refractivity contribution in [2.75, 3.05) is 0 Å². The van der Waals surface area contributed by atoms with Crippen LogP contribution in [0.5, 0.6) is 0 Å². The Bertz CT molecular complexity index is 1280. The lowest BCUT2D eigenvalue weighted by atomic mass is 9.97. The highest BCUT2D eigenvalue weighted by molar-refractivity contribution is 7.98. The Labute approximate surface area is 189 Å². The van der Waals surface area contributed by atoms with E-state index in [9.17, 15) is 9.18 Å². The second kappa shape index (κ2) is 8.97. The molecule has 0 amide bonds. The lowest BCUT2D eigenvalue weighted by Gasteiger charge is -2.14. The Balaban J connectivity index is 1.54. The summed E-state index contributed by atoms with van der Waals surface area (Å²) < 4.78 is 16.0. The van der Waals surface area contributed by atoms with Crippen molar-refractivity contribution in [2.45, 2.75) is 49.6 Å². The first-order valence-corrected chi connectivity index (χ1v) is 12.5. The second-order valence-electron chi connectivity index (χ2n) is 7.86. The lowest BCUT2D eigenvalue weighted by molar-refractivity contribution is 0.594. The molecule has 2 aromatic heterocycles. The number of thiophene rings is 1. The summed E-state index contributed by atoms with van der Waals surface area (Å²) in [5.74, 6) is 0.224. The standard InChI is InChI=1S/C25H23FN2OS2/c26-20-12-6-4-10-18(20)16-30-25-27-23-22(19-11-5-7-13-21(19)31-23)24(29)28(25)15-14-17-8-2-1-3-9-17/h1-4,6,8-10,12H,5,7,11,13-16H2. The maximum Gasteiger partial charge on any atom is 0.263 e. The minimum absolute atomic E-state index is 0.0522.